The first-order chi connectivity index (χ1) is 12.0. The number of aliphatic hydroxyl groups is 1. The topological polar surface area (TPSA) is 72.5 Å². The van der Waals surface area contributed by atoms with Crippen LogP contribution in [0.2, 0.25) is 0 Å². The molecule has 0 aromatic carbocycles. The molecule has 2 aliphatic rings. The van der Waals surface area contributed by atoms with Crippen molar-refractivity contribution in [1.29, 1.82) is 0 Å². The summed E-state index contributed by atoms with van der Waals surface area (Å²) in [5.41, 5.74) is 1.51. The van der Waals surface area contributed by atoms with Crippen LogP contribution in [0, 0.1) is 0 Å². The molecular formula is C19H26N4O2. The highest BCUT2D eigenvalue weighted by molar-refractivity contribution is 5.76. The molecule has 2 fully saturated rings. The molecule has 4 rings (SSSR count). The number of fused-ring (bicyclic) bond motifs is 1. The lowest BCUT2D eigenvalue weighted by molar-refractivity contribution is -0.129. The van der Waals surface area contributed by atoms with Gasteiger partial charge < -0.3 is 15.0 Å². The molecule has 6 nitrogen and oxygen atoms in total. The fourth-order valence-corrected chi connectivity index (χ4v) is 4.16. The van der Waals surface area contributed by atoms with Gasteiger partial charge in [0.2, 0.25) is 5.91 Å². The second-order valence-corrected chi connectivity index (χ2v) is 7.64. The zero-order valence-corrected chi connectivity index (χ0v) is 14.7. The number of likely N-dealkylation sites (tertiary alicyclic amines) is 2. The Morgan fingerprint density at radius 1 is 1.40 bits per heavy atom. The summed E-state index contributed by atoms with van der Waals surface area (Å²) in [6, 6.07) is 6.22. The number of hydrogen-bond acceptors (Lipinski definition) is 4. The first kappa shape index (κ1) is 16.5. The summed E-state index contributed by atoms with van der Waals surface area (Å²) in [7, 11) is 0. The van der Waals surface area contributed by atoms with Crippen molar-refractivity contribution < 1.29 is 9.90 Å². The number of nitrogens with zero attached hydrogens (tertiary/aromatic N) is 3. The monoisotopic (exact) mass is 342 g/mol. The molecule has 2 aromatic rings. The lowest BCUT2D eigenvalue weighted by atomic mass is 9.89. The summed E-state index contributed by atoms with van der Waals surface area (Å²) < 4.78 is 0. The number of nitrogens with one attached hydrogen (secondary N) is 1. The zero-order chi connectivity index (χ0) is 17.4. The van der Waals surface area contributed by atoms with Crippen molar-refractivity contribution in [1.82, 2.24) is 19.8 Å². The van der Waals surface area contributed by atoms with Gasteiger partial charge in [-0.3, -0.25) is 9.69 Å². The van der Waals surface area contributed by atoms with E-state index in [1.54, 1.807) is 6.92 Å². The number of amides is 1. The third-order valence-electron chi connectivity index (χ3n) is 5.69. The zero-order valence-electron chi connectivity index (χ0n) is 14.7. The molecule has 0 saturated carbocycles. The predicted octanol–water partition coefficient (Wildman–Crippen LogP) is 1.73. The number of pyridine rings is 1. The standard InChI is InChI=1S/C19H26N4O2/c1-14(24)23-8-3-5-19(25,6-9-23)13-22-11-16(12-22)17-10-15-4-2-7-20-18(15)21-17/h2,4,7,10,16,25H,3,5-6,8-9,11-13H2,1H3,(H,20,21). The lowest BCUT2D eigenvalue weighted by Gasteiger charge is -2.43. The number of β-amino-alcohol motifs (C(OH)–C–C–N with tert-alkyl or cyclic N) is 1. The Balaban J connectivity index is 1.33. The number of aromatic nitrogens is 2. The fourth-order valence-electron chi connectivity index (χ4n) is 4.16. The van der Waals surface area contributed by atoms with Crippen molar-refractivity contribution in [3.63, 3.8) is 0 Å². The van der Waals surface area contributed by atoms with Crippen LogP contribution >= 0.6 is 0 Å². The summed E-state index contributed by atoms with van der Waals surface area (Å²) in [5, 5.41) is 12.1. The number of rotatable bonds is 3. The van der Waals surface area contributed by atoms with Crippen LogP contribution in [0.25, 0.3) is 11.0 Å². The number of hydrogen-bond donors (Lipinski definition) is 2. The van der Waals surface area contributed by atoms with Gasteiger partial charge in [-0.15, -0.1) is 0 Å². The molecule has 0 spiro atoms. The first-order valence-electron chi connectivity index (χ1n) is 9.16. The van der Waals surface area contributed by atoms with E-state index in [0.29, 0.717) is 25.4 Å². The summed E-state index contributed by atoms with van der Waals surface area (Å²) in [4.78, 5) is 23.5. The van der Waals surface area contributed by atoms with Crippen LogP contribution in [0.3, 0.4) is 0 Å². The average Bonchev–Trinajstić information content (AvgIpc) is 2.86. The second kappa shape index (κ2) is 6.42. The van der Waals surface area contributed by atoms with Crippen molar-refractivity contribution in [3.05, 3.63) is 30.1 Å². The van der Waals surface area contributed by atoms with Crippen molar-refractivity contribution in [2.75, 3.05) is 32.7 Å². The molecule has 2 aromatic heterocycles. The Morgan fingerprint density at radius 2 is 2.24 bits per heavy atom. The maximum absolute atomic E-state index is 11.6. The van der Waals surface area contributed by atoms with Gasteiger partial charge in [-0.1, -0.05) is 0 Å². The lowest BCUT2D eigenvalue weighted by Crippen LogP contribution is -2.53. The fraction of sp³-hybridized carbons (Fsp3) is 0.579. The van der Waals surface area contributed by atoms with Gasteiger partial charge in [-0.2, -0.15) is 0 Å². The summed E-state index contributed by atoms with van der Waals surface area (Å²) in [6.07, 6.45) is 4.13. The molecule has 134 valence electrons. The van der Waals surface area contributed by atoms with Crippen molar-refractivity contribution in [3.8, 4) is 0 Å². The quantitative estimate of drug-likeness (QED) is 0.891. The van der Waals surface area contributed by atoms with Crippen molar-refractivity contribution in [2.45, 2.75) is 37.7 Å². The minimum Gasteiger partial charge on any atom is -0.388 e. The number of carbonyl (C=O) groups is 1. The van der Waals surface area contributed by atoms with E-state index in [2.05, 4.69) is 27.0 Å². The van der Waals surface area contributed by atoms with Crippen molar-refractivity contribution >= 4 is 16.9 Å². The Labute approximate surface area is 147 Å². The van der Waals surface area contributed by atoms with Crippen LogP contribution in [0.4, 0.5) is 0 Å². The maximum atomic E-state index is 11.6. The van der Waals surface area contributed by atoms with E-state index in [9.17, 15) is 9.90 Å². The van der Waals surface area contributed by atoms with Gasteiger partial charge in [-0.05, 0) is 37.5 Å². The molecule has 0 aliphatic carbocycles. The van der Waals surface area contributed by atoms with E-state index in [1.165, 1.54) is 5.69 Å². The summed E-state index contributed by atoms with van der Waals surface area (Å²) in [5.74, 6) is 0.595. The molecular weight excluding hydrogens is 316 g/mol. The van der Waals surface area contributed by atoms with Gasteiger partial charge in [0, 0.05) is 62.8 Å². The molecule has 2 N–H and O–H groups in total. The molecule has 4 heterocycles. The smallest absolute Gasteiger partial charge is 0.219 e. The molecule has 1 amide bonds. The highest BCUT2D eigenvalue weighted by Gasteiger charge is 2.37. The molecule has 0 radical (unpaired) electrons. The number of aromatic amines is 1. The van der Waals surface area contributed by atoms with E-state index in [1.807, 2.05) is 17.2 Å². The number of H-pyrrole nitrogens is 1. The summed E-state index contributed by atoms with van der Waals surface area (Å²) >= 11 is 0. The third-order valence-corrected chi connectivity index (χ3v) is 5.69. The van der Waals surface area contributed by atoms with Gasteiger partial charge in [0.25, 0.3) is 0 Å². The Kier molecular flexibility index (Phi) is 4.25. The van der Waals surface area contributed by atoms with Gasteiger partial charge >= 0.3 is 0 Å². The largest absolute Gasteiger partial charge is 0.388 e. The summed E-state index contributed by atoms with van der Waals surface area (Å²) in [6.45, 7) is 5.67. The Bertz CT molecular complexity index is 735. The van der Waals surface area contributed by atoms with Gasteiger partial charge in [0.15, 0.2) is 0 Å². The van der Waals surface area contributed by atoms with E-state index in [4.69, 9.17) is 0 Å². The van der Waals surface area contributed by atoms with Crippen LogP contribution in [0.5, 0.6) is 0 Å². The predicted molar refractivity (Wildman–Crippen MR) is 96.3 cm³/mol. The molecule has 6 heteroatoms. The molecule has 1 unspecified atom stereocenters. The van der Waals surface area contributed by atoms with Crippen LogP contribution < -0.4 is 0 Å². The number of carbonyl (C=O) groups excluding carboxylic acids is 1. The highest BCUT2D eigenvalue weighted by Crippen LogP contribution is 2.32. The highest BCUT2D eigenvalue weighted by atomic mass is 16.3. The minimum atomic E-state index is -0.669. The normalized spacial score (nSPS) is 25.8. The van der Waals surface area contributed by atoms with E-state index >= 15 is 0 Å². The van der Waals surface area contributed by atoms with E-state index in [0.717, 1.165) is 43.5 Å². The van der Waals surface area contributed by atoms with Gasteiger partial charge in [0.05, 0.1) is 5.60 Å². The van der Waals surface area contributed by atoms with Crippen LogP contribution in [0.1, 0.15) is 37.8 Å². The molecule has 2 aliphatic heterocycles. The molecule has 1 atom stereocenters. The van der Waals surface area contributed by atoms with Gasteiger partial charge in [-0.25, -0.2) is 4.98 Å². The van der Waals surface area contributed by atoms with E-state index in [-0.39, 0.29) is 5.91 Å². The average molecular weight is 342 g/mol. The second-order valence-electron chi connectivity index (χ2n) is 7.64. The third kappa shape index (κ3) is 3.41. The van der Waals surface area contributed by atoms with Crippen molar-refractivity contribution in [2.24, 2.45) is 0 Å². The maximum Gasteiger partial charge on any atom is 0.219 e. The molecule has 25 heavy (non-hydrogen) atoms. The van der Waals surface area contributed by atoms with Crippen LogP contribution in [-0.2, 0) is 4.79 Å². The minimum absolute atomic E-state index is 0.112. The molecule has 0 bridgehead atoms. The first-order valence-corrected chi connectivity index (χ1v) is 9.16. The Morgan fingerprint density at radius 3 is 3.00 bits per heavy atom. The molecule has 2 saturated heterocycles. The van der Waals surface area contributed by atoms with E-state index < -0.39 is 5.60 Å². The van der Waals surface area contributed by atoms with Crippen LogP contribution in [0.15, 0.2) is 24.4 Å². The van der Waals surface area contributed by atoms with Gasteiger partial charge in [0.1, 0.15) is 5.65 Å². The van der Waals surface area contributed by atoms with Crippen LogP contribution in [-0.4, -0.2) is 69.1 Å². The Hall–Kier alpha value is -1.92. The SMILES string of the molecule is CC(=O)N1CCCC(O)(CN2CC(c3cc4cccnc4[nH]3)C2)CC1.